The van der Waals surface area contributed by atoms with Crippen molar-refractivity contribution in [1.29, 1.82) is 0 Å². The SMILES string of the molecule is C[S+](=O)(C#Cc1ccccc1)Cc1ccc(N(Cc2ccccc2)Cc2ccccc2)cc1. The van der Waals surface area contributed by atoms with E-state index in [2.05, 4.69) is 88.9 Å². The van der Waals surface area contributed by atoms with Gasteiger partial charge in [0, 0.05) is 29.9 Å². The predicted molar refractivity (Wildman–Crippen MR) is 140 cm³/mol. The third-order valence-electron chi connectivity index (χ3n) is 5.36. The van der Waals surface area contributed by atoms with Crippen LogP contribution in [0.4, 0.5) is 5.69 Å². The van der Waals surface area contributed by atoms with Crippen LogP contribution in [0.2, 0.25) is 0 Å². The number of anilines is 1. The molecule has 0 heterocycles. The Morgan fingerprint density at radius 2 is 1.12 bits per heavy atom. The van der Waals surface area contributed by atoms with E-state index in [-0.39, 0.29) is 0 Å². The van der Waals surface area contributed by atoms with E-state index in [0.29, 0.717) is 5.75 Å². The van der Waals surface area contributed by atoms with Crippen molar-refractivity contribution in [3.63, 3.8) is 0 Å². The van der Waals surface area contributed by atoms with Gasteiger partial charge in [0.1, 0.15) is 12.0 Å². The van der Waals surface area contributed by atoms with Crippen molar-refractivity contribution < 1.29 is 4.21 Å². The summed E-state index contributed by atoms with van der Waals surface area (Å²) in [5.74, 6) is 3.50. The van der Waals surface area contributed by atoms with Crippen LogP contribution in [0.3, 0.4) is 0 Å². The molecule has 0 aromatic heterocycles. The van der Waals surface area contributed by atoms with Gasteiger partial charge in [-0.1, -0.05) is 95.2 Å². The lowest BCUT2D eigenvalue weighted by Crippen LogP contribution is -2.22. The maximum Gasteiger partial charge on any atom is 0.162 e. The van der Waals surface area contributed by atoms with E-state index in [4.69, 9.17) is 0 Å². The molecule has 0 amide bonds. The summed E-state index contributed by atoms with van der Waals surface area (Å²) in [6, 6.07) is 39.1. The van der Waals surface area contributed by atoms with Gasteiger partial charge >= 0.3 is 0 Å². The van der Waals surface area contributed by atoms with Gasteiger partial charge in [0.15, 0.2) is 15.2 Å². The fourth-order valence-corrected chi connectivity index (χ4v) is 4.93. The van der Waals surface area contributed by atoms with Crippen molar-refractivity contribution in [3.8, 4) is 11.2 Å². The van der Waals surface area contributed by atoms with Crippen LogP contribution in [0.5, 0.6) is 0 Å². The zero-order valence-corrected chi connectivity index (χ0v) is 19.7. The molecule has 4 aromatic rings. The van der Waals surface area contributed by atoms with E-state index >= 15 is 0 Å². The molecule has 0 saturated heterocycles. The molecular weight excluding hydrogens is 422 g/mol. The topological polar surface area (TPSA) is 20.3 Å². The van der Waals surface area contributed by atoms with E-state index in [0.717, 1.165) is 29.9 Å². The molecular formula is C30H28NOS+. The van der Waals surface area contributed by atoms with Crippen LogP contribution < -0.4 is 4.90 Å². The smallest absolute Gasteiger partial charge is 0.162 e. The van der Waals surface area contributed by atoms with Crippen LogP contribution in [0.25, 0.3) is 0 Å². The Morgan fingerprint density at radius 1 is 0.636 bits per heavy atom. The predicted octanol–water partition coefficient (Wildman–Crippen LogP) is 6.53. The third-order valence-corrected chi connectivity index (χ3v) is 6.78. The molecule has 0 spiro atoms. The van der Waals surface area contributed by atoms with Crippen molar-refractivity contribution >= 4 is 15.6 Å². The first-order valence-electron chi connectivity index (χ1n) is 11.0. The van der Waals surface area contributed by atoms with Crippen LogP contribution in [0, 0.1) is 11.2 Å². The van der Waals surface area contributed by atoms with Gasteiger partial charge in [-0.25, -0.2) is 0 Å². The number of hydrogen-bond acceptors (Lipinski definition) is 2. The Balaban J connectivity index is 1.51. The molecule has 0 saturated carbocycles. The second-order valence-electron chi connectivity index (χ2n) is 8.24. The summed E-state index contributed by atoms with van der Waals surface area (Å²) in [6.07, 6.45) is 1.74. The van der Waals surface area contributed by atoms with Crippen molar-refractivity contribution in [2.75, 3.05) is 11.2 Å². The summed E-state index contributed by atoms with van der Waals surface area (Å²) in [6.45, 7) is 1.64. The molecule has 1 atom stereocenters. The van der Waals surface area contributed by atoms with Gasteiger partial charge in [-0.3, -0.25) is 0 Å². The minimum Gasteiger partial charge on any atom is -0.363 e. The molecule has 33 heavy (non-hydrogen) atoms. The summed E-state index contributed by atoms with van der Waals surface area (Å²) in [5, 5.41) is 2.99. The highest BCUT2D eigenvalue weighted by molar-refractivity contribution is 8.05. The molecule has 0 aliphatic heterocycles. The summed E-state index contributed by atoms with van der Waals surface area (Å²) in [4.78, 5) is 2.37. The summed E-state index contributed by atoms with van der Waals surface area (Å²) in [5.41, 5.74) is 5.60. The molecule has 2 nitrogen and oxygen atoms in total. The lowest BCUT2D eigenvalue weighted by molar-refractivity contribution is 0.593. The fraction of sp³-hybridized carbons (Fsp3) is 0.133. The highest BCUT2D eigenvalue weighted by Crippen LogP contribution is 2.22. The highest BCUT2D eigenvalue weighted by Gasteiger charge is 2.19. The van der Waals surface area contributed by atoms with Gasteiger partial charge in [-0.15, -0.1) is 0 Å². The number of hydrogen-bond donors (Lipinski definition) is 0. The third kappa shape index (κ3) is 6.94. The molecule has 164 valence electrons. The molecule has 0 N–H and O–H groups in total. The molecule has 0 radical (unpaired) electrons. The van der Waals surface area contributed by atoms with Crippen molar-refractivity contribution in [2.24, 2.45) is 0 Å². The lowest BCUT2D eigenvalue weighted by Gasteiger charge is -2.25. The van der Waals surface area contributed by atoms with E-state index < -0.39 is 9.93 Å². The summed E-state index contributed by atoms with van der Waals surface area (Å²) in [7, 11) is -2.29. The second kappa shape index (κ2) is 10.8. The summed E-state index contributed by atoms with van der Waals surface area (Å²) < 4.78 is 13.0. The minimum absolute atomic E-state index is 0.449. The average Bonchev–Trinajstić information content (AvgIpc) is 2.85. The standard InChI is InChI=1S/C30H28NOS/c1-33(32,22-21-26-11-5-2-6-12-26)25-29-17-19-30(20-18-29)31(23-27-13-7-3-8-14-27)24-28-15-9-4-10-16-28/h2-20H,23-25H2,1H3/q+1. The van der Waals surface area contributed by atoms with Crippen LogP contribution in [0.1, 0.15) is 22.3 Å². The number of benzene rings is 4. The molecule has 0 fully saturated rings. The van der Waals surface area contributed by atoms with Crippen molar-refractivity contribution in [1.82, 2.24) is 0 Å². The molecule has 0 aliphatic carbocycles. The first-order valence-corrected chi connectivity index (χ1v) is 13.2. The zero-order valence-electron chi connectivity index (χ0n) is 18.9. The Kier molecular flexibility index (Phi) is 7.40. The van der Waals surface area contributed by atoms with Crippen molar-refractivity contribution in [2.45, 2.75) is 18.8 Å². The first-order chi connectivity index (χ1) is 16.1. The molecule has 4 rings (SSSR count). The molecule has 0 bridgehead atoms. The Bertz CT molecular complexity index is 1220. The molecule has 0 aliphatic rings. The van der Waals surface area contributed by atoms with Crippen molar-refractivity contribution in [3.05, 3.63) is 138 Å². The van der Waals surface area contributed by atoms with E-state index in [1.54, 1.807) is 6.26 Å². The Hall–Kier alpha value is -3.61. The van der Waals surface area contributed by atoms with Gasteiger partial charge in [0.05, 0.1) is 0 Å². The maximum absolute atomic E-state index is 13.0. The molecule has 4 aromatic carbocycles. The summed E-state index contributed by atoms with van der Waals surface area (Å²) >= 11 is 0. The van der Waals surface area contributed by atoms with E-state index in [9.17, 15) is 4.21 Å². The second-order valence-corrected chi connectivity index (χ2v) is 10.7. The maximum atomic E-state index is 13.0. The minimum atomic E-state index is -2.29. The quantitative estimate of drug-likeness (QED) is 0.236. The average molecular weight is 451 g/mol. The van der Waals surface area contributed by atoms with E-state index in [1.807, 2.05) is 42.5 Å². The zero-order chi connectivity index (χ0) is 22.9. The van der Waals surface area contributed by atoms with E-state index in [1.165, 1.54) is 11.1 Å². The molecule has 1 unspecified atom stereocenters. The number of rotatable bonds is 7. The molecule has 3 heteroatoms. The Labute approximate surface area is 198 Å². The van der Waals surface area contributed by atoms with Gasteiger partial charge in [0.2, 0.25) is 0 Å². The van der Waals surface area contributed by atoms with Crippen LogP contribution in [0.15, 0.2) is 115 Å². The highest BCUT2D eigenvalue weighted by atomic mass is 32.2. The lowest BCUT2D eigenvalue weighted by atomic mass is 10.1. The van der Waals surface area contributed by atoms with Crippen LogP contribution in [-0.4, -0.2) is 6.26 Å². The van der Waals surface area contributed by atoms with Crippen LogP contribution in [-0.2, 0) is 33.0 Å². The van der Waals surface area contributed by atoms with Gasteiger partial charge in [-0.2, -0.15) is 0 Å². The first kappa shape index (κ1) is 22.6. The van der Waals surface area contributed by atoms with Gasteiger partial charge in [-0.05, 0) is 41.3 Å². The van der Waals surface area contributed by atoms with Gasteiger partial charge in [0.25, 0.3) is 0 Å². The van der Waals surface area contributed by atoms with Gasteiger partial charge < -0.3 is 4.90 Å². The number of nitrogens with zero attached hydrogens (tertiary/aromatic N) is 1. The monoisotopic (exact) mass is 450 g/mol. The van der Waals surface area contributed by atoms with Crippen LogP contribution >= 0.6 is 0 Å². The Morgan fingerprint density at radius 3 is 1.64 bits per heavy atom. The normalized spacial score (nSPS) is 12.3. The fourth-order valence-electron chi connectivity index (χ4n) is 3.69. The largest absolute Gasteiger partial charge is 0.363 e.